The van der Waals surface area contributed by atoms with Gasteiger partial charge in [0, 0.05) is 18.8 Å². The Balaban J connectivity index is 1.79. The highest BCUT2D eigenvalue weighted by atomic mass is 16.5. The number of aromatic nitrogens is 3. The van der Waals surface area contributed by atoms with Crippen molar-refractivity contribution in [1.29, 1.82) is 0 Å². The second kappa shape index (κ2) is 6.37. The van der Waals surface area contributed by atoms with Crippen LogP contribution in [0.1, 0.15) is 19.4 Å². The van der Waals surface area contributed by atoms with E-state index in [1.165, 1.54) is 0 Å². The first-order valence-corrected chi connectivity index (χ1v) is 7.71. The molecule has 3 rings (SSSR count). The molecule has 0 aliphatic carbocycles. The lowest BCUT2D eigenvalue weighted by Gasteiger charge is -2.36. The Labute approximate surface area is 135 Å². The molecule has 1 N–H and O–H groups in total. The van der Waals surface area contributed by atoms with Crippen molar-refractivity contribution in [1.82, 2.24) is 19.7 Å². The van der Waals surface area contributed by atoms with E-state index in [-0.39, 0.29) is 18.2 Å². The topological polar surface area (TPSA) is 72.3 Å². The number of nitrogens with zero attached hydrogens (tertiary/aromatic N) is 4. The molecule has 0 saturated carbocycles. The summed E-state index contributed by atoms with van der Waals surface area (Å²) < 4.78 is 7.19. The van der Waals surface area contributed by atoms with E-state index < -0.39 is 0 Å². The van der Waals surface area contributed by atoms with Crippen LogP contribution in [0.2, 0.25) is 0 Å². The van der Waals surface area contributed by atoms with E-state index in [0.717, 1.165) is 5.56 Å². The first-order chi connectivity index (χ1) is 11.0. The zero-order chi connectivity index (χ0) is 16.4. The molecule has 2 atom stereocenters. The van der Waals surface area contributed by atoms with Crippen molar-refractivity contribution in [3.63, 3.8) is 0 Å². The maximum atomic E-state index is 12.6. The number of hydrogen-bond donors (Lipinski definition) is 1. The third-order valence-electron chi connectivity index (χ3n) is 3.86. The predicted molar refractivity (Wildman–Crippen MR) is 86.7 cm³/mol. The predicted octanol–water partition coefficient (Wildman–Crippen LogP) is 2.22. The number of aryl methyl sites for hydroxylation is 1. The first-order valence-electron chi connectivity index (χ1n) is 7.71. The summed E-state index contributed by atoms with van der Waals surface area (Å²) in [5.41, 5.74) is 1.08. The van der Waals surface area contributed by atoms with Crippen LogP contribution >= 0.6 is 0 Å². The van der Waals surface area contributed by atoms with Crippen molar-refractivity contribution in [2.75, 3.05) is 18.5 Å². The van der Waals surface area contributed by atoms with Gasteiger partial charge in [-0.3, -0.25) is 5.32 Å². The van der Waals surface area contributed by atoms with Gasteiger partial charge in [0.1, 0.15) is 5.82 Å². The average molecular weight is 315 g/mol. The zero-order valence-electron chi connectivity index (χ0n) is 13.6. The average Bonchev–Trinajstić information content (AvgIpc) is 2.97. The minimum atomic E-state index is -0.151. The van der Waals surface area contributed by atoms with E-state index in [4.69, 9.17) is 4.74 Å². The van der Waals surface area contributed by atoms with Gasteiger partial charge >= 0.3 is 6.03 Å². The van der Waals surface area contributed by atoms with Crippen molar-refractivity contribution in [2.24, 2.45) is 0 Å². The van der Waals surface area contributed by atoms with Crippen molar-refractivity contribution in [3.8, 4) is 5.82 Å². The van der Waals surface area contributed by atoms with E-state index in [1.807, 2.05) is 32.9 Å². The van der Waals surface area contributed by atoms with Crippen LogP contribution in [0, 0.1) is 6.92 Å². The summed E-state index contributed by atoms with van der Waals surface area (Å²) in [5, 5.41) is 7.18. The number of morpholine rings is 1. The highest BCUT2D eigenvalue weighted by molar-refractivity contribution is 5.89. The lowest BCUT2D eigenvalue weighted by molar-refractivity contribution is -0.0296. The molecule has 2 amide bonds. The number of ether oxygens (including phenoxy) is 1. The summed E-state index contributed by atoms with van der Waals surface area (Å²) in [5.74, 6) is 1.27. The molecular weight excluding hydrogens is 294 g/mol. The summed E-state index contributed by atoms with van der Waals surface area (Å²) in [6, 6.07) is 5.49. The van der Waals surface area contributed by atoms with Gasteiger partial charge in [0.2, 0.25) is 0 Å². The maximum Gasteiger partial charge on any atom is 0.323 e. The van der Waals surface area contributed by atoms with Crippen molar-refractivity contribution >= 4 is 11.8 Å². The molecule has 0 unspecified atom stereocenters. The van der Waals surface area contributed by atoms with Crippen molar-refractivity contribution < 1.29 is 9.53 Å². The second-order valence-electron chi connectivity index (χ2n) is 5.90. The number of urea groups is 1. The van der Waals surface area contributed by atoms with Crippen molar-refractivity contribution in [2.45, 2.75) is 32.9 Å². The summed E-state index contributed by atoms with van der Waals surface area (Å²) in [4.78, 5) is 18.7. The molecule has 122 valence electrons. The van der Waals surface area contributed by atoms with Crippen LogP contribution < -0.4 is 5.32 Å². The summed E-state index contributed by atoms with van der Waals surface area (Å²) in [6.45, 7) is 7.05. The molecule has 23 heavy (non-hydrogen) atoms. The lowest BCUT2D eigenvalue weighted by Crippen LogP contribution is -2.51. The third kappa shape index (κ3) is 3.34. The van der Waals surface area contributed by atoms with Gasteiger partial charge in [0.15, 0.2) is 5.82 Å². The van der Waals surface area contributed by atoms with Gasteiger partial charge in [-0.15, -0.1) is 0 Å². The minimum Gasteiger partial charge on any atom is -0.375 e. The van der Waals surface area contributed by atoms with E-state index in [9.17, 15) is 4.79 Å². The number of pyridine rings is 1. The van der Waals surface area contributed by atoms with Gasteiger partial charge in [-0.1, -0.05) is 0 Å². The molecule has 1 aliphatic heterocycles. The highest BCUT2D eigenvalue weighted by Crippen LogP contribution is 2.17. The monoisotopic (exact) mass is 315 g/mol. The fraction of sp³-hybridized carbons (Fsp3) is 0.438. The Morgan fingerprint density at radius 2 is 2.17 bits per heavy atom. The maximum absolute atomic E-state index is 12.6. The molecule has 0 radical (unpaired) electrons. The van der Waals surface area contributed by atoms with Gasteiger partial charge in [-0.2, -0.15) is 9.78 Å². The number of nitrogens with one attached hydrogen (secondary N) is 1. The van der Waals surface area contributed by atoms with Gasteiger partial charge < -0.3 is 9.64 Å². The van der Waals surface area contributed by atoms with E-state index in [1.54, 1.807) is 28.0 Å². The van der Waals surface area contributed by atoms with Gasteiger partial charge in [0.05, 0.1) is 24.9 Å². The van der Waals surface area contributed by atoms with Crippen LogP contribution in [0.4, 0.5) is 10.6 Å². The molecule has 2 aromatic heterocycles. The largest absolute Gasteiger partial charge is 0.375 e. The molecule has 1 saturated heterocycles. The summed E-state index contributed by atoms with van der Waals surface area (Å²) in [6.07, 6.45) is 3.41. The van der Waals surface area contributed by atoms with Crippen LogP contribution in [-0.2, 0) is 4.74 Å². The van der Waals surface area contributed by atoms with E-state index in [0.29, 0.717) is 24.8 Å². The standard InChI is InChI=1S/C16H21N5O2/c1-11-4-6-17-15(8-11)21-14(5-7-18-21)19-16(22)20-9-13(3)23-10-12(20)2/h4-8,12-13H,9-10H2,1-3H3,(H,19,22)/t12-,13-/m0/s1. The number of carbonyl (C=O) groups is 1. The Morgan fingerprint density at radius 3 is 2.96 bits per heavy atom. The van der Waals surface area contributed by atoms with Crippen LogP contribution in [0.5, 0.6) is 0 Å². The van der Waals surface area contributed by atoms with E-state index in [2.05, 4.69) is 15.4 Å². The molecule has 3 heterocycles. The van der Waals surface area contributed by atoms with Crippen LogP contribution in [0.3, 0.4) is 0 Å². The van der Waals surface area contributed by atoms with Gasteiger partial charge in [0.25, 0.3) is 0 Å². The smallest absolute Gasteiger partial charge is 0.323 e. The van der Waals surface area contributed by atoms with Gasteiger partial charge in [-0.25, -0.2) is 9.78 Å². The number of amides is 2. The quantitative estimate of drug-likeness (QED) is 0.922. The van der Waals surface area contributed by atoms with Gasteiger partial charge in [-0.05, 0) is 38.5 Å². The SMILES string of the molecule is Cc1ccnc(-n2nccc2NC(=O)N2C[C@H](C)OC[C@@H]2C)c1. The molecule has 2 aromatic rings. The molecule has 0 aromatic carbocycles. The second-order valence-corrected chi connectivity index (χ2v) is 5.90. The number of rotatable bonds is 2. The third-order valence-corrected chi connectivity index (χ3v) is 3.86. The Morgan fingerprint density at radius 1 is 1.35 bits per heavy atom. The molecule has 0 spiro atoms. The number of hydrogen-bond acceptors (Lipinski definition) is 4. The minimum absolute atomic E-state index is 0.0414. The zero-order valence-corrected chi connectivity index (χ0v) is 13.6. The molecule has 0 bridgehead atoms. The molecule has 1 fully saturated rings. The van der Waals surface area contributed by atoms with Crippen molar-refractivity contribution in [3.05, 3.63) is 36.2 Å². The Kier molecular flexibility index (Phi) is 4.29. The molecule has 7 heteroatoms. The Bertz CT molecular complexity index is 699. The summed E-state index contributed by atoms with van der Waals surface area (Å²) >= 11 is 0. The fourth-order valence-corrected chi connectivity index (χ4v) is 2.58. The first kappa shape index (κ1) is 15.5. The molecule has 7 nitrogen and oxygen atoms in total. The van der Waals surface area contributed by atoms with Crippen LogP contribution in [-0.4, -0.2) is 51.0 Å². The highest BCUT2D eigenvalue weighted by Gasteiger charge is 2.28. The van der Waals surface area contributed by atoms with Crippen LogP contribution in [0.25, 0.3) is 5.82 Å². The molecular formula is C16H21N5O2. The lowest BCUT2D eigenvalue weighted by atomic mass is 10.2. The Hall–Kier alpha value is -2.41. The summed E-state index contributed by atoms with van der Waals surface area (Å²) in [7, 11) is 0. The fourth-order valence-electron chi connectivity index (χ4n) is 2.58. The van der Waals surface area contributed by atoms with E-state index >= 15 is 0 Å². The number of anilines is 1. The number of carbonyl (C=O) groups excluding carboxylic acids is 1. The molecule has 1 aliphatic rings. The normalized spacial score (nSPS) is 21.3. The van der Waals surface area contributed by atoms with Crippen LogP contribution in [0.15, 0.2) is 30.6 Å².